The molecule has 9 heteroatoms. The number of aliphatic hydroxyl groups is 1. The largest absolute Gasteiger partial charge is 0.467 e. The van der Waals surface area contributed by atoms with E-state index >= 15 is 0 Å². The standard InChI is InChI=1S/C11H20N2O6S/c1-7(15)19-3-4-20-6-8(12)10(16)13-9(5-14)11(17)18-2/h8-9,14H,3-6,12H2,1-2H3,(H,13,16). The summed E-state index contributed by atoms with van der Waals surface area (Å²) in [6.45, 7) is 0.992. The molecule has 0 rings (SSSR count). The third-order valence-electron chi connectivity index (χ3n) is 2.15. The van der Waals surface area contributed by atoms with E-state index in [9.17, 15) is 14.4 Å². The molecule has 0 aromatic heterocycles. The molecule has 8 nitrogen and oxygen atoms in total. The third kappa shape index (κ3) is 7.97. The molecule has 2 atom stereocenters. The lowest BCUT2D eigenvalue weighted by Gasteiger charge is -2.17. The maximum absolute atomic E-state index is 11.7. The maximum atomic E-state index is 11.7. The summed E-state index contributed by atoms with van der Waals surface area (Å²) in [4.78, 5) is 33.3. The first-order valence-electron chi connectivity index (χ1n) is 5.88. The topological polar surface area (TPSA) is 128 Å². The van der Waals surface area contributed by atoms with Crippen LogP contribution in [0.3, 0.4) is 0 Å². The summed E-state index contributed by atoms with van der Waals surface area (Å²) in [5.74, 6) is -0.852. The Balaban J connectivity index is 3.96. The molecule has 0 heterocycles. The van der Waals surface area contributed by atoms with Gasteiger partial charge in [0.1, 0.15) is 6.61 Å². The van der Waals surface area contributed by atoms with E-state index in [4.69, 9.17) is 15.6 Å². The quantitative estimate of drug-likeness (QED) is 0.338. The zero-order chi connectivity index (χ0) is 15.5. The molecule has 0 saturated heterocycles. The summed E-state index contributed by atoms with van der Waals surface area (Å²) < 4.78 is 9.13. The van der Waals surface area contributed by atoms with Crippen molar-refractivity contribution in [3.05, 3.63) is 0 Å². The molecule has 0 aliphatic carbocycles. The second-order valence-electron chi connectivity index (χ2n) is 3.79. The normalized spacial score (nSPS) is 13.2. The summed E-state index contributed by atoms with van der Waals surface area (Å²) >= 11 is 1.34. The number of methoxy groups -OCH3 is 1. The van der Waals surface area contributed by atoms with E-state index in [0.717, 1.165) is 7.11 Å². The monoisotopic (exact) mass is 308 g/mol. The lowest BCUT2D eigenvalue weighted by molar-refractivity contribution is -0.146. The molecule has 20 heavy (non-hydrogen) atoms. The Morgan fingerprint density at radius 1 is 1.40 bits per heavy atom. The van der Waals surface area contributed by atoms with Crippen LogP contribution in [-0.4, -0.2) is 66.9 Å². The minimum atomic E-state index is -1.12. The Morgan fingerprint density at radius 3 is 2.55 bits per heavy atom. The van der Waals surface area contributed by atoms with Crippen molar-refractivity contribution in [2.24, 2.45) is 5.73 Å². The summed E-state index contributed by atoms with van der Waals surface area (Å²) in [6, 6.07) is -1.96. The molecule has 0 aromatic carbocycles. The highest BCUT2D eigenvalue weighted by Crippen LogP contribution is 2.02. The van der Waals surface area contributed by atoms with Gasteiger partial charge in [-0.25, -0.2) is 4.79 Å². The number of ether oxygens (including phenoxy) is 2. The highest BCUT2D eigenvalue weighted by Gasteiger charge is 2.23. The molecule has 4 N–H and O–H groups in total. The molecule has 0 radical (unpaired) electrons. The first-order valence-corrected chi connectivity index (χ1v) is 7.03. The Labute approximate surface area is 121 Å². The number of nitrogens with one attached hydrogen (secondary N) is 1. The molecule has 116 valence electrons. The molecule has 1 amide bonds. The summed E-state index contributed by atoms with van der Waals surface area (Å²) in [5.41, 5.74) is 5.63. The zero-order valence-corrected chi connectivity index (χ0v) is 12.3. The van der Waals surface area contributed by atoms with Crippen LogP contribution in [0.15, 0.2) is 0 Å². The number of nitrogens with two attached hydrogens (primary N) is 1. The first-order chi connectivity index (χ1) is 9.42. The summed E-state index contributed by atoms with van der Waals surface area (Å²) in [5, 5.41) is 11.2. The maximum Gasteiger partial charge on any atom is 0.330 e. The van der Waals surface area contributed by atoms with Gasteiger partial charge in [-0.05, 0) is 0 Å². The van der Waals surface area contributed by atoms with Crippen LogP contribution >= 0.6 is 11.8 Å². The van der Waals surface area contributed by atoms with E-state index < -0.39 is 30.6 Å². The van der Waals surface area contributed by atoms with Crippen LogP contribution < -0.4 is 11.1 Å². The number of amides is 1. The first kappa shape index (κ1) is 18.7. The molecule has 0 spiro atoms. The van der Waals surface area contributed by atoms with E-state index in [-0.39, 0.29) is 12.6 Å². The molecule has 0 aliphatic rings. The highest BCUT2D eigenvalue weighted by molar-refractivity contribution is 7.99. The van der Waals surface area contributed by atoms with Crippen LogP contribution in [0.25, 0.3) is 0 Å². The van der Waals surface area contributed by atoms with E-state index in [0.29, 0.717) is 11.5 Å². The van der Waals surface area contributed by atoms with Gasteiger partial charge in [-0.15, -0.1) is 0 Å². The van der Waals surface area contributed by atoms with Gasteiger partial charge < -0.3 is 25.6 Å². The summed E-state index contributed by atoms with van der Waals surface area (Å²) in [6.07, 6.45) is 0. The average molecular weight is 308 g/mol. The molecular weight excluding hydrogens is 288 g/mol. The van der Waals surface area contributed by atoms with E-state index in [1.807, 2.05) is 0 Å². The van der Waals surface area contributed by atoms with Crippen LogP contribution in [0.1, 0.15) is 6.92 Å². The second kappa shape index (κ2) is 10.5. The number of carbonyl (C=O) groups is 3. The lowest BCUT2D eigenvalue weighted by atomic mass is 10.2. The van der Waals surface area contributed by atoms with Crippen LogP contribution in [0.4, 0.5) is 0 Å². The number of esters is 2. The number of aliphatic hydroxyl groups excluding tert-OH is 1. The van der Waals surface area contributed by atoms with Crippen LogP contribution in [0.2, 0.25) is 0 Å². The Kier molecular flexibility index (Phi) is 9.77. The Hall–Kier alpha value is -1.32. The molecule has 0 fully saturated rings. The second-order valence-corrected chi connectivity index (χ2v) is 4.94. The van der Waals surface area contributed by atoms with Crippen LogP contribution in [-0.2, 0) is 23.9 Å². The number of hydrogen-bond donors (Lipinski definition) is 3. The van der Waals surface area contributed by atoms with Gasteiger partial charge in [-0.1, -0.05) is 0 Å². The van der Waals surface area contributed by atoms with Gasteiger partial charge in [0.25, 0.3) is 0 Å². The minimum absolute atomic E-state index is 0.246. The van der Waals surface area contributed by atoms with Gasteiger partial charge in [0, 0.05) is 18.4 Å². The van der Waals surface area contributed by atoms with Crippen molar-refractivity contribution >= 4 is 29.6 Å². The van der Waals surface area contributed by atoms with Crippen molar-refractivity contribution in [2.75, 3.05) is 31.8 Å². The van der Waals surface area contributed by atoms with Crippen molar-refractivity contribution in [2.45, 2.75) is 19.0 Å². The number of hydrogen-bond acceptors (Lipinski definition) is 8. The van der Waals surface area contributed by atoms with Gasteiger partial charge in [-0.3, -0.25) is 9.59 Å². The number of carbonyl (C=O) groups excluding carboxylic acids is 3. The summed E-state index contributed by atoms with van der Waals surface area (Å²) in [7, 11) is 1.15. The van der Waals surface area contributed by atoms with E-state index in [1.165, 1.54) is 18.7 Å². The Morgan fingerprint density at radius 2 is 2.05 bits per heavy atom. The molecule has 0 saturated carbocycles. The fourth-order valence-corrected chi connectivity index (χ4v) is 1.90. The van der Waals surface area contributed by atoms with E-state index in [2.05, 4.69) is 10.1 Å². The fourth-order valence-electron chi connectivity index (χ4n) is 1.13. The molecule has 0 bridgehead atoms. The van der Waals surface area contributed by atoms with Gasteiger partial charge in [0.15, 0.2) is 6.04 Å². The lowest BCUT2D eigenvalue weighted by Crippen LogP contribution is -2.51. The minimum Gasteiger partial charge on any atom is -0.467 e. The van der Waals surface area contributed by atoms with Crippen molar-refractivity contribution in [3.8, 4) is 0 Å². The zero-order valence-electron chi connectivity index (χ0n) is 11.5. The smallest absolute Gasteiger partial charge is 0.330 e. The van der Waals surface area contributed by atoms with Gasteiger partial charge >= 0.3 is 11.9 Å². The molecular formula is C11H20N2O6S. The van der Waals surface area contributed by atoms with Gasteiger partial charge in [0.05, 0.1) is 19.8 Å². The average Bonchev–Trinajstić information content (AvgIpc) is 2.42. The van der Waals surface area contributed by atoms with Crippen LogP contribution in [0, 0.1) is 0 Å². The van der Waals surface area contributed by atoms with E-state index in [1.54, 1.807) is 0 Å². The Bertz CT molecular complexity index is 339. The third-order valence-corrected chi connectivity index (χ3v) is 3.20. The van der Waals surface area contributed by atoms with Crippen molar-refractivity contribution in [1.29, 1.82) is 0 Å². The highest BCUT2D eigenvalue weighted by atomic mass is 32.2. The predicted molar refractivity (Wildman–Crippen MR) is 73.0 cm³/mol. The van der Waals surface area contributed by atoms with Crippen molar-refractivity contribution < 1.29 is 29.0 Å². The van der Waals surface area contributed by atoms with Gasteiger partial charge in [0.2, 0.25) is 5.91 Å². The predicted octanol–water partition coefficient (Wildman–Crippen LogP) is -1.74. The SMILES string of the molecule is COC(=O)C(CO)NC(=O)C(N)CSCCOC(C)=O. The number of thioether (sulfide) groups is 1. The number of rotatable bonds is 9. The molecule has 0 aromatic rings. The fraction of sp³-hybridized carbons (Fsp3) is 0.727. The molecule has 2 unspecified atom stereocenters. The molecule has 0 aliphatic heterocycles. The van der Waals surface area contributed by atoms with Crippen molar-refractivity contribution in [1.82, 2.24) is 5.32 Å². The van der Waals surface area contributed by atoms with Gasteiger partial charge in [-0.2, -0.15) is 11.8 Å². The van der Waals surface area contributed by atoms with Crippen molar-refractivity contribution in [3.63, 3.8) is 0 Å². The van der Waals surface area contributed by atoms with Crippen LogP contribution in [0.5, 0.6) is 0 Å².